The SMILES string of the molecule is Cc1cccc(C(=O)NC23CC4CC(C2)CC(NC(=O)c2cccc(N)n2)(C4)C3)n1. The highest BCUT2D eigenvalue weighted by Crippen LogP contribution is 2.57. The van der Waals surface area contributed by atoms with Gasteiger partial charge in [0.2, 0.25) is 0 Å². The zero-order valence-corrected chi connectivity index (χ0v) is 17.1. The van der Waals surface area contributed by atoms with Crippen molar-refractivity contribution in [2.24, 2.45) is 11.8 Å². The fraction of sp³-hybridized carbons (Fsp3) is 0.478. The third kappa shape index (κ3) is 3.42. The van der Waals surface area contributed by atoms with Crippen LogP contribution in [0.3, 0.4) is 0 Å². The van der Waals surface area contributed by atoms with Crippen LogP contribution in [0.25, 0.3) is 0 Å². The Morgan fingerprint density at radius 3 is 1.97 bits per heavy atom. The number of amides is 2. The van der Waals surface area contributed by atoms with Gasteiger partial charge in [-0.25, -0.2) is 9.97 Å². The second-order valence-electron chi connectivity index (χ2n) is 9.54. The molecule has 2 aromatic heterocycles. The summed E-state index contributed by atoms with van der Waals surface area (Å²) in [7, 11) is 0. The molecule has 4 aliphatic carbocycles. The van der Waals surface area contributed by atoms with Gasteiger partial charge >= 0.3 is 0 Å². The lowest BCUT2D eigenvalue weighted by atomic mass is 9.49. The lowest BCUT2D eigenvalue weighted by molar-refractivity contribution is -0.0449. The average molecular weight is 406 g/mol. The number of anilines is 1. The van der Waals surface area contributed by atoms with Crippen LogP contribution in [0.4, 0.5) is 5.82 Å². The van der Waals surface area contributed by atoms with E-state index in [4.69, 9.17) is 5.73 Å². The highest BCUT2D eigenvalue weighted by molar-refractivity contribution is 5.94. The van der Waals surface area contributed by atoms with E-state index < -0.39 is 0 Å². The molecule has 2 amide bonds. The van der Waals surface area contributed by atoms with Crippen LogP contribution in [-0.2, 0) is 0 Å². The Labute approximate surface area is 175 Å². The van der Waals surface area contributed by atoms with Gasteiger partial charge < -0.3 is 16.4 Å². The molecule has 0 aliphatic heterocycles. The van der Waals surface area contributed by atoms with E-state index >= 15 is 0 Å². The van der Waals surface area contributed by atoms with E-state index in [1.54, 1.807) is 24.3 Å². The Bertz CT molecular complexity index is 929. The van der Waals surface area contributed by atoms with Gasteiger partial charge in [0.05, 0.1) is 0 Å². The summed E-state index contributed by atoms with van der Waals surface area (Å²) in [4.78, 5) is 34.5. The van der Waals surface area contributed by atoms with Crippen molar-refractivity contribution in [2.75, 3.05) is 5.73 Å². The number of nitrogen functional groups attached to an aromatic ring is 1. The van der Waals surface area contributed by atoms with Gasteiger partial charge in [-0.2, -0.15) is 0 Å². The molecule has 4 fully saturated rings. The number of nitrogens with one attached hydrogen (secondary N) is 2. The van der Waals surface area contributed by atoms with E-state index in [2.05, 4.69) is 20.6 Å². The number of hydrogen-bond donors (Lipinski definition) is 3. The third-order valence-electron chi connectivity index (χ3n) is 6.94. The molecule has 2 heterocycles. The molecule has 4 aliphatic rings. The Morgan fingerprint density at radius 1 is 0.900 bits per heavy atom. The van der Waals surface area contributed by atoms with Crippen LogP contribution in [0.5, 0.6) is 0 Å². The summed E-state index contributed by atoms with van der Waals surface area (Å²) in [5.41, 5.74) is 6.78. The first-order valence-electron chi connectivity index (χ1n) is 10.7. The molecular formula is C23H27N5O2. The number of carbonyl (C=O) groups excluding carboxylic acids is 2. The molecule has 156 valence electrons. The maximum atomic E-state index is 13.0. The Kier molecular flexibility index (Phi) is 4.31. The minimum absolute atomic E-state index is 0.125. The maximum Gasteiger partial charge on any atom is 0.270 e. The largest absolute Gasteiger partial charge is 0.384 e. The summed E-state index contributed by atoms with van der Waals surface area (Å²) in [5.74, 6) is 1.03. The zero-order valence-electron chi connectivity index (χ0n) is 17.1. The number of nitrogens with zero attached hydrogens (tertiary/aromatic N) is 2. The molecule has 0 spiro atoms. The lowest BCUT2D eigenvalue weighted by Crippen LogP contribution is -2.70. The predicted octanol–water partition coefficient (Wildman–Crippen LogP) is 2.62. The van der Waals surface area contributed by atoms with Crippen molar-refractivity contribution in [1.82, 2.24) is 20.6 Å². The van der Waals surface area contributed by atoms with Crippen molar-refractivity contribution in [2.45, 2.75) is 56.5 Å². The molecule has 0 saturated heterocycles. The van der Waals surface area contributed by atoms with E-state index in [0.717, 1.165) is 37.8 Å². The van der Waals surface area contributed by atoms with E-state index in [-0.39, 0.29) is 22.9 Å². The molecule has 2 aromatic rings. The molecule has 2 unspecified atom stereocenters. The summed E-state index contributed by atoms with van der Waals surface area (Å²) in [6.07, 6.45) is 5.77. The first kappa shape index (κ1) is 19.0. The summed E-state index contributed by atoms with van der Waals surface area (Å²) in [5, 5.41) is 6.62. The number of nitrogens with two attached hydrogens (primary N) is 1. The molecule has 7 heteroatoms. The summed E-state index contributed by atoms with van der Waals surface area (Å²) in [6.45, 7) is 1.89. The maximum absolute atomic E-state index is 13.0. The number of hydrogen-bond acceptors (Lipinski definition) is 5. The van der Waals surface area contributed by atoms with Crippen LogP contribution in [0, 0.1) is 18.8 Å². The molecule has 6 rings (SSSR count). The van der Waals surface area contributed by atoms with Gasteiger partial charge in [0.15, 0.2) is 0 Å². The Balaban J connectivity index is 1.38. The topological polar surface area (TPSA) is 110 Å². The first-order chi connectivity index (χ1) is 14.3. The number of aromatic nitrogens is 2. The van der Waals surface area contributed by atoms with E-state index in [0.29, 0.717) is 29.0 Å². The zero-order chi connectivity index (χ0) is 20.9. The van der Waals surface area contributed by atoms with Crippen LogP contribution >= 0.6 is 0 Å². The normalized spacial score (nSPS) is 31.4. The lowest BCUT2D eigenvalue weighted by Gasteiger charge is -2.62. The van der Waals surface area contributed by atoms with Gasteiger partial charge in [0.1, 0.15) is 17.2 Å². The third-order valence-corrected chi connectivity index (χ3v) is 6.94. The Morgan fingerprint density at radius 2 is 1.43 bits per heavy atom. The molecule has 4 N–H and O–H groups in total. The van der Waals surface area contributed by atoms with Crippen LogP contribution < -0.4 is 16.4 Å². The number of pyridine rings is 2. The number of aryl methyl sites for hydroxylation is 1. The van der Waals surface area contributed by atoms with E-state index in [1.807, 2.05) is 19.1 Å². The summed E-state index contributed by atoms with van der Waals surface area (Å²) in [6, 6.07) is 10.6. The molecular weight excluding hydrogens is 378 g/mol. The van der Waals surface area contributed by atoms with Crippen molar-refractivity contribution in [3.8, 4) is 0 Å². The number of rotatable bonds is 4. The smallest absolute Gasteiger partial charge is 0.270 e. The summed E-state index contributed by atoms with van der Waals surface area (Å²) >= 11 is 0. The highest BCUT2D eigenvalue weighted by Gasteiger charge is 2.58. The van der Waals surface area contributed by atoms with Crippen molar-refractivity contribution in [3.63, 3.8) is 0 Å². The van der Waals surface area contributed by atoms with Crippen LogP contribution in [0.15, 0.2) is 36.4 Å². The standard InChI is InChI=1S/C23H27N5O2/c1-14-4-2-5-17(25-14)20(29)27-22-9-15-8-16(10-22)12-23(11-15,13-22)28-21(30)18-6-3-7-19(24)26-18/h2-7,15-16H,8-13H2,1H3,(H2,24,26)(H,27,29)(H,28,30). The second-order valence-corrected chi connectivity index (χ2v) is 9.54. The number of carbonyl (C=O) groups is 2. The molecule has 2 atom stereocenters. The highest BCUT2D eigenvalue weighted by atomic mass is 16.2. The van der Waals surface area contributed by atoms with Gasteiger partial charge in [-0.15, -0.1) is 0 Å². The van der Waals surface area contributed by atoms with Gasteiger partial charge in [0.25, 0.3) is 11.8 Å². The molecule has 4 bridgehead atoms. The fourth-order valence-electron chi connectivity index (χ4n) is 6.41. The van der Waals surface area contributed by atoms with Gasteiger partial charge in [-0.3, -0.25) is 9.59 Å². The Hall–Kier alpha value is -2.96. The molecule has 4 saturated carbocycles. The van der Waals surface area contributed by atoms with E-state index in [1.165, 1.54) is 6.42 Å². The van der Waals surface area contributed by atoms with Gasteiger partial charge in [0, 0.05) is 16.8 Å². The van der Waals surface area contributed by atoms with Crippen LogP contribution in [0.2, 0.25) is 0 Å². The molecule has 0 radical (unpaired) electrons. The van der Waals surface area contributed by atoms with Crippen molar-refractivity contribution < 1.29 is 9.59 Å². The molecule has 0 aromatic carbocycles. The quantitative estimate of drug-likeness (QED) is 0.724. The first-order valence-corrected chi connectivity index (χ1v) is 10.7. The van der Waals surface area contributed by atoms with Crippen molar-refractivity contribution in [1.29, 1.82) is 0 Å². The van der Waals surface area contributed by atoms with Gasteiger partial charge in [-0.1, -0.05) is 12.1 Å². The van der Waals surface area contributed by atoms with Crippen LogP contribution in [-0.4, -0.2) is 32.9 Å². The minimum atomic E-state index is -0.305. The minimum Gasteiger partial charge on any atom is -0.384 e. The molecule has 7 nitrogen and oxygen atoms in total. The van der Waals surface area contributed by atoms with E-state index in [9.17, 15) is 9.59 Å². The molecule has 30 heavy (non-hydrogen) atoms. The van der Waals surface area contributed by atoms with Crippen molar-refractivity contribution >= 4 is 17.6 Å². The summed E-state index contributed by atoms with van der Waals surface area (Å²) < 4.78 is 0. The van der Waals surface area contributed by atoms with Crippen LogP contribution in [0.1, 0.15) is 65.2 Å². The second kappa shape index (κ2) is 6.79. The van der Waals surface area contributed by atoms with Crippen molar-refractivity contribution in [3.05, 3.63) is 53.5 Å². The van der Waals surface area contributed by atoms with Gasteiger partial charge in [-0.05, 0) is 81.5 Å². The fourth-order valence-corrected chi connectivity index (χ4v) is 6.41. The monoisotopic (exact) mass is 405 g/mol. The average Bonchev–Trinajstić information content (AvgIpc) is 2.66. The predicted molar refractivity (Wildman–Crippen MR) is 113 cm³/mol.